The Bertz CT molecular complexity index is 1560. The van der Waals surface area contributed by atoms with E-state index in [1.807, 2.05) is 35.7 Å². The molecule has 188 valence electrons. The number of hydrogen-bond acceptors (Lipinski definition) is 8. The number of piperidine rings is 1. The molecule has 0 spiro atoms. The molecule has 37 heavy (non-hydrogen) atoms. The smallest absolute Gasteiger partial charge is 0.261 e. The van der Waals surface area contributed by atoms with E-state index in [-0.39, 0.29) is 0 Å². The van der Waals surface area contributed by atoms with Gasteiger partial charge in [0.2, 0.25) is 5.95 Å². The largest absolute Gasteiger partial charge is 0.379 e. The van der Waals surface area contributed by atoms with Gasteiger partial charge in [0.05, 0.1) is 35.6 Å². The van der Waals surface area contributed by atoms with Crippen molar-refractivity contribution in [3.05, 3.63) is 53.2 Å². The number of morpholine rings is 1. The number of nitrogens with zero attached hydrogens (tertiary/aromatic N) is 4. The van der Waals surface area contributed by atoms with Gasteiger partial charge in [0, 0.05) is 54.8 Å². The topological polar surface area (TPSA) is 103 Å². The molecule has 6 heterocycles. The summed E-state index contributed by atoms with van der Waals surface area (Å²) in [4.78, 5) is 45.1. The zero-order valence-corrected chi connectivity index (χ0v) is 21.0. The highest BCUT2D eigenvalue weighted by Gasteiger charge is 2.36. The van der Waals surface area contributed by atoms with Crippen LogP contribution in [0.25, 0.3) is 32.3 Å². The van der Waals surface area contributed by atoms with Crippen molar-refractivity contribution in [3.63, 3.8) is 0 Å². The van der Waals surface area contributed by atoms with E-state index in [0.29, 0.717) is 34.4 Å². The van der Waals surface area contributed by atoms with Crippen molar-refractivity contribution in [2.24, 2.45) is 0 Å². The number of ether oxygens (including phenoxy) is 1. The minimum absolute atomic E-state index is 0.306. The van der Waals surface area contributed by atoms with E-state index >= 15 is 0 Å². The molecular weight excluding hydrogens is 488 g/mol. The second-order valence-electron chi connectivity index (χ2n) is 9.65. The molecule has 3 aromatic heterocycles. The highest BCUT2D eigenvalue weighted by atomic mass is 32.1. The maximum absolute atomic E-state index is 13.2. The molecular formula is C27H26N6O3S. The van der Waals surface area contributed by atoms with Gasteiger partial charge in [-0.15, -0.1) is 11.3 Å². The van der Waals surface area contributed by atoms with E-state index in [1.165, 1.54) is 0 Å². The van der Waals surface area contributed by atoms with Gasteiger partial charge in [-0.2, -0.15) is 0 Å². The number of benzene rings is 1. The molecule has 4 aromatic rings. The summed E-state index contributed by atoms with van der Waals surface area (Å²) in [5.41, 5.74) is 2.63. The predicted octanol–water partition coefficient (Wildman–Crippen LogP) is 3.04. The van der Waals surface area contributed by atoms with Crippen LogP contribution in [-0.2, 0) is 14.3 Å². The zero-order chi connectivity index (χ0) is 24.9. The van der Waals surface area contributed by atoms with Crippen molar-refractivity contribution < 1.29 is 14.3 Å². The Labute approximate surface area is 217 Å². The van der Waals surface area contributed by atoms with Gasteiger partial charge in [0.1, 0.15) is 4.83 Å². The molecule has 0 aliphatic carbocycles. The third kappa shape index (κ3) is 3.83. The van der Waals surface area contributed by atoms with E-state index in [1.54, 1.807) is 17.5 Å². The number of para-hydroxylation sites is 1. The number of carbonyl (C=O) groups is 2. The maximum atomic E-state index is 13.2. The van der Waals surface area contributed by atoms with E-state index in [2.05, 4.69) is 20.1 Å². The lowest BCUT2D eigenvalue weighted by Crippen LogP contribution is -2.49. The summed E-state index contributed by atoms with van der Waals surface area (Å²) in [6, 6.07) is 10.2. The van der Waals surface area contributed by atoms with Gasteiger partial charge in [-0.25, -0.2) is 9.97 Å². The highest BCUT2D eigenvalue weighted by molar-refractivity contribution is 7.16. The molecule has 0 radical (unpaired) electrons. The first-order chi connectivity index (χ1) is 18.2. The van der Waals surface area contributed by atoms with E-state index < -0.39 is 11.8 Å². The number of amides is 2. The number of imide groups is 1. The molecule has 0 saturated carbocycles. The van der Waals surface area contributed by atoms with Crippen LogP contribution in [0.4, 0.5) is 5.95 Å². The van der Waals surface area contributed by atoms with Crippen molar-refractivity contribution in [2.45, 2.75) is 18.9 Å². The summed E-state index contributed by atoms with van der Waals surface area (Å²) in [6.45, 7) is 5.24. The predicted molar refractivity (Wildman–Crippen MR) is 143 cm³/mol. The molecule has 0 unspecified atom stereocenters. The Hall–Kier alpha value is -3.60. The number of fused-ring (bicyclic) bond motifs is 2. The first-order valence-electron chi connectivity index (χ1n) is 12.7. The molecule has 2 N–H and O–H groups in total. The van der Waals surface area contributed by atoms with Gasteiger partial charge in [0.15, 0.2) is 0 Å². The molecule has 1 aromatic carbocycles. The Morgan fingerprint density at radius 2 is 1.70 bits per heavy atom. The number of hydrogen-bond donors (Lipinski definition) is 2. The molecule has 2 amide bonds. The molecule has 2 fully saturated rings. The van der Waals surface area contributed by atoms with Gasteiger partial charge >= 0.3 is 0 Å². The van der Waals surface area contributed by atoms with Crippen LogP contribution in [-0.4, -0.2) is 77.1 Å². The first-order valence-corrected chi connectivity index (χ1v) is 13.5. The van der Waals surface area contributed by atoms with Crippen LogP contribution in [0.1, 0.15) is 24.1 Å². The van der Waals surface area contributed by atoms with Gasteiger partial charge < -0.3 is 14.6 Å². The van der Waals surface area contributed by atoms with E-state index in [0.717, 1.165) is 73.4 Å². The Morgan fingerprint density at radius 1 is 0.919 bits per heavy atom. The first kappa shape index (κ1) is 22.6. The number of thiophene rings is 1. The lowest BCUT2D eigenvalue weighted by molar-refractivity contribution is -0.122. The molecule has 0 atom stereocenters. The number of H-pyrrole nitrogens is 1. The maximum Gasteiger partial charge on any atom is 0.261 e. The van der Waals surface area contributed by atoms with Gasteiger partial charge in [-0.3, -0.25) is 19.8 Å². The highest BCUT2D eigenvalue weighted by Crippen LogP contribution is 2.38. The normalized spacial score (nSPS) is 19.9. The van der Waals surface area contributed by atoms with Crippen molar-refractivity contribution in [2.75, 3.05) is 44.3 Å². The second kappa shape index (κ2) is 9.05. The third-order valence-electron chi connectivity index (χ3n) is 7.64. The van der Waals surface area contributed by atoms with Gasteiger partial charge in [0.25, 0.3) is 11.8 Å². The fourth-order valence-electron chi connectivity index (χ4n) is 5.76. The number of carbonyl (C=O) groups excluding carboxylic acids is 2. The quantitative estimate of drug-likeness (QED) is 0.404. The number of aromatic nitrogens is 3. The van der Waals surface area contributed by atoms with Crippen molar-refractivity contribution in [1.29, 1.82) is 0 Å². The summed E-state index contributed by atoms with van der Waals surface area (Å²) in [5, 5.41) is 6.16. The minimum atomic E-state index is -0.426. The average molecular weight is 515 g/mol. The fraction of sp³-hybridized carbons (Fsp3) is 0.333. The molecule has 9 nitrogen and oxygen atoms in total. The van der Waals surface area contributed by atoms with Crippen LogP contribution >= 0.6 is 11.3 Å². The summed E-state index contributed by atoms with van der Waals surface area (Å²) in [6.07, 6.45) is 3.85. The van der Waals surface area contributed by atoms with Crippen LogP contribution in [0.2, 0.25) is 0 Å². The molecule has 0 bridgehead atoms. The van der Waals surface area contributed by atoms with Crippen molar-refractivity contribution in [3.8, 4) is 0 Å². The zero-order valence-electron chi connectivity index (χ0n) is 20.2. The van der Waals surface area contributed by atoms with E-state index in [4.69, 9.17) is 14.7 Å². The summed E-state index contributed by atoms with van der Waals surface area (Å²) >= 11 is 1.56. The van der Waals surface area contributed by atoms with Crippen molar-refractivity contribution >= 4 is 61.4 Å². The lowest BCUT2D eigenvalue weighted by Gasteiger charge is -2.40. The van der Waals surface area contributed by atoms with Crippen LogP contribution in [0.5, 0.6) is 0 Å². The molecule has 3 aliphatic heterocycles. The van der Waals surface area contributed by atoms with Gasteiger partial charge in [-0.05, 0) is 30.4 Å². The average Bonchev–Trinajstić information content (AvgIpc) is 3.63. The summed E-state index contributed by atoms with van der Waals surface area (Å²) < 4.78 is 5.52. The number of anilines is 1. The minimum Gasteiger partial charge on any atom is -0.379 e. The fourth-order valence-corrected chi connectivity index (χ4v) is 6.54. The number of aromatic amines is 1. The second-order valence-corrected chi connectivity index (χ2v) is 10.6. The molecule has 7 rings (SSSR count). The van der Waals surface area contributed by atoms with E-state index in [9.17, 15) is 9.59 Å². The van der Waals surface area contributed by atoms with Crippen molar-refractivity contribution in [1.82, 2.24) is 25.2 Å². The Kier molecular flexibility index (Phi) is 5.53. The molecule has 10 heteroatoms. The SMILES string of the molecule is O=C1NC(=O)C(c2c[nH]c3sccc23)=C1c1nc(N2CCC(N3CCOCC3)CC2)nc2ccccc12. The molecule has 3 aliphatic rings. The number of rotatable bonds is 4. The summed E-state index contributed by atoms with van der Waals surface area (Å²) in [7, 11) is 0. The third-order valence-corrected chi connectivity index (χ3v) is 8.49. The number of nitrogens with one attached hydrogen (secondary N) is 2. The standard InChI is InChI=1S/C27H26N6O3S/c34-24-21(19-15-28-26-17(19)7-14-37-26)22(25(35)31-24)23-18-3-1-2-4-20(18)29-27(30-23)33-8-5-16(6-9-33)32-10-12-36-13-11-32/h1-4,7,14-16,28H,5-6,8-13H2,(H,31,34,35). The van der Waals surface area contributed by atoms with Crippen LogP contribution in [0, 0.1) is 0 Å². The Morgan fingerprint density at radius 3 is 2.54 bits per heavy atom. The summed E-state index contributed by atoms with van der Waals surface area (Å²) in [5.74, 6) is -0.226. The molecule has 2 saturated heterocycles. The van der Waals surface area contributed by atoms with Gasteiger partial charge in [-0.1, -0.05) is 18.2 Å². The van der Waals surface area contributed by atoms with Crippen LogP contribution in [0.3, 0.4) is 0 Å². The monoisotopic (exact) mass is 514 g/mol. The van der Waals surface area contributed by atoms with Crippen LogP contribution in [0.15, 0.2) is 41.9 Å². The Balaban J connectivity index is 1.31. The van der Waals surface area contributed by atoms with Crippen LogP contribution < -0.4 is 10.2 Å². The lowest BCUT2D eigenvalue weighted by atomic mass is 9.97.